The molecule has 2 saturated carbocycles. The lowest BCUT2D eigenvalue weighted by atomic mass is 10.2. The van der Waals surface area contributed by atoms with Gasteiger partial charge in [0.2, 0.25) is 5.91 Å². The number of rotatable bonds is 4. The summed E-state index contributed by atoms with van der Waals surface area (Å²) in [5.74, 6) is 0.357. The number of hydrogen-bond donors (Lipinski definition) is 1. The van der Waals surface area contributed by atoms with Crippen LogP contribution in [0.3, 0.4) is 0 Å². The topological polar surface area (TPSA) is 91.0 Å². The molecule has 0 radical (unpaired) electrons. The summed E-state index contributed by atoms with van der Waals surface area (Å²) in [6, 6.07) is 2.46. The number of likely N-dealkylation sites (tertiary alicyclic amines) is 1. The molecule has 3 fully saturated rings. The Hall–Kier alpha value is -2.36. The fraction of sp³-hybridized carbons (Fsp3) is 0.647. The van der Waals surface area contributed by atoms with E-state index in [1.807, 2.05) is 18.4 Å². The van der Waals surface area contributed by atoms with Gasteiger partial charge >= 0.3 is 0 Å². The number of amides is 2. The quantitative estimate of drug-likeness (QED) is 0.891. The molecule has 0 bridgehead atoms. The lowest BCUT2D eigenvalue weighted by Crippen LogP contribution is -2.40. The highest BCUT2D eigenvalue weighted by molar-refractivity contribution is 5.93. The van der Waals surface area contributed by atoms with Gasteiger partial charge in [-0.15, -0.1) is 0 Å². The van der Waals surface area contributed by atoms with E-state index in [2.05, 4.69) is 16.4 Å². The number of nitrogens with one attached hydrogen (secondary N) is 1. The third kappa shape index (κ3) is 2.37. The van der Waals surface area contributed by atoms with E-state index < -0.39 is 5.54 Å². The molecule has 2 aliphatic carbocycles. The van der Waals surface area contributed by atoms with Crippen LogP contribution in [0.1, 0.15) is 43.2 Å². The van der Waals surface area contributed by atoms with Crippen molar-refractivity contribution in [1.82, 2.24) is 19.8 Å². The summed E-state index contributed by atoms with van der Waals surface area (Å²) in [7, 11) is 0. The molecule has 3 aliphatic rings. The van der Waals surface area contributed by atoms with Crippen molar-refractivity contribution in [2.45, 2.75) is 38.3 Å². The number of piperidine rings is 1. The number of nitriles is 1. The molecule has 0 spiro atoms. The maximum atomic E-state index is 12.5. The van der Waals surface area contributed by atoms with Crippen LogP contribution >= 0.6 is 0 Å². The van der Waals surface area contributed by atoms with E-state index in [1.54, 1.807) is 17.4 Å². The van der Waals surface area contributed by atoms with Crippen LogP contribution in [0.2, 0.25) is 0 Å². The molecule has 126 valence electrons. The first-order chi connectivity index (χ1) is 11.4. The van der Waals surface area contributed by atoms with Gasteiger partial charge in [0.05, 0.1) is 12.4 Å². The van der Waals surface area contributed by atoms with Crippen molar-refractivity contribution in [3.05, 3.63) is 18.2 Å². The molecule has 2 heterocycles. The van der Waals surface area contributed by atoms with Crippen molar-refractivity contribution in [2.75, 3.05) is 13.1 Å². The van der Waals surface area contributed by atoms with Gasteiger partial charge in [-0.3, -0.25) is 9.59 Å². The third-order valence-electron chi connectivity index (χ3n) is 5.53. The van der Waals surface area contributed by atoms with Crippen LogP contribution in [0.15, 0.2) is 12.5 Å². The molecule has 1 aromatic heterocycles. The van der Waals surface area contributed by atoms with Crippen LogP contribution in [-0.4, -0.2) is 44.9 Å². The van der Waals surface area contributed by atoms with Crippen molar-refractivity contribution in [3.8, 4) is 6.07 Å². The Bertz CT molecular complexity index is 730. The summed E-state index contributed by atoms with van der Waals surface area (Å²) in [6.07, 6.45) is 4.97. The molecule has 1 saturated heterocycles. The van der Waals surface area contributed by atoms with Crippen molar-refractivity contribution in [1.29, 1.82) is 5.26 Å². The fourth-order valence-electron chi connectivity index (χ4n) is 3.68. The predicted molar refractivity (Wildman–Crippen MR) is 84.7 cm³/mol. The zero-order valence-electron chi connectivity index (χ0n) is 13.9. The Labute approximate surface area is 140 Å². The summed E-state index contributed by atoms with van der Waals surface area (Å²) in [5, 5.41) is 11.9. The van der Waals surface area contributed by atoms with Gasteiger partial charge in [0.25, 0.3) is 5.91 Å². The van der Waals surface area contributed by atoms with Crippen LogP contribution in [0.5, 0.6) is 0 Å². The monoisotopic (exact) mass is 327 g/mol. The number of carbonyl (C=O) groups excluding carboxylic acids is 2. The summed E-state index contributed by atoms with van der Waals surface area (Å²) in [5.41, 5.74) is -0.139. The summed E-state index contributed by atoms with van der Waals surface area (Å²) < 4.78 is 1.91. The molecule has 2 unspecified atom stereocenters. The molecule has 7 nitrogen and oxygen atoms in total. The van der Waals surface area contributed by atoms with E-state index >= 15 is 0 Å². The van der Waals surface area contributed by atoms with E-state index in [9.17, 15) is 9.59 Å². The lowest BCUT2D eigenvalue weighted by molar-refractivity contribution is -0.123. The zero-order valence-corrected chi connectivity index (χ0v) is 13.9. The van der Waals surface area contributed by atoms with Gasteiger partial charge in [-0.25, -0.2) is 4.98 Å². The van der Waals surface area contributed by atoms with Crippen molar-refractivity contribution in [2.24, 2.45) is 17.8 Å². The summed E-state index contributed by atoms with van der Waals surface area (Å²) in [4.78, 5) is 30.8. The number of imidazole rings is 1. The van der Waals surface area contributed by atoms with E-state index in [4.69, 9.17) is 5.26 Å². The highest BCUT2D eigenvalue weighted by Crippen LogP contribution is 2.52. The molecule has 24 heavy (non-hydrogen) atoms. The Kier molecular flexibility index (Phi) is 3.21. The normalized spacial score (nSPS) is 29.1. The van der Waals surface area contributed by atoms with Crippen LogP contribution < -0.4 is 5.32 Å². The van der Waals surface area contributed by atoms with E-state index in [0.29, 0.717) is 18.8 Å². The number of hydrogen-bond acceptors (Lipinski definition) is 4. The largest absolute Gasteiger partial charge is 0.338 e. The van der Waals surface area contributed by atoms with E-state index in [1.165, 1.54) is 0 Å². The standard InChI is InChI=1S/C17H21N5O2/c1-10(2)22-7-13(19-9-22)16(24)21-5-11-12(6-21)14(11)15(23)20-17(8-18)3-4-17/h7,9-12,14H,3-6H2,1-2H3,(H,20,23). The third-order valence-corrected chi connectivity index (χ3v) is 5.53. The highest BCUT2D eigenvalue weighted by atomic mass is 16.2. The second-order valence-electron chi connectivity index (χ2n) is 7.55. The van der Waals surface area contributed by atoms with Crippen molar-refractivity contribution < 1.29 is 9.59 Å². The lowest BCUT2D eigenvalue weighted by Gasteiger charge is -2.19. The minimum atomic E-state index is -0.604. The second-order valence-corrected chi connectivity index (χ2v) is 7.55. The van der Waals surface area contributed by atoms with Gasteiger partial charge in [-0.1, -0.05) is 0 Å². The first-order valence-electron chi connectivity index (χ1n) is 8.50. The number of carbonyl (C=O) groups is 2. The van der Waals surface area contributed by atoms with Gasteiger partial charge in [0.15, 0.2) is 0 Å². The average molecular weight is 327 g/mol. The zero-order chi connectivity index (χ0) is 17.1. The molecule has 0 aromatic carbocycles. The van der Waals surface area contributed by atoms with Crippen LogP contribution in [0.4, 0.5) is 0 Å². The van der Waals surface area contributed by atoms with E-state index in [0.717, 1.165) is 12.8 Å². The Morgan fingerprint density at radius 1 is 1.38 bits per heavy atom. The van der Waals surface area contributed by atoms with Crippen LogP contribution in [0, 0.1) is 29.1 Å². The maximum Gasteiger partial charge on any atom is 0.274 e. The van der Waals surface area contributed by atoms with Gasteiger partial charge < -0.3 is 14.8 Å². The molecule has 1 aromatic rings. The molecule has 4 rings (SSSR count). The SMILES string of the molecule is CC(C)n1cnc(C(=O)N2CC3C(C2)C3C(=O)NC2(C#N)CC2)c1. The molecule has 1 N–H and O–H groups in total. The second kappa shape index (κ2) is 5.07. The Morgan fingerprint density at radius 3 is 2.54 bits per heavy atom. The fourth-order valence-corrected chi connectivity index (χ4v) is 3.68. The minimum Gasteiger partial charge on any atom is -0.338 e. The predicted octanol–water partition coefficient (Wildman–Crippen LogP) is 0.954. The molecule has 7 heteroatoms. The highest BCUT2D eigenvalue weighted by Gasteiger charge is 2.61. The molecule has 2 atom stereocenters. The van der Waals surface area contributed by atoms with E-state index in [-0.39, 0.29) is 35.6 Å². The summed E-state index contributed by atoms with van der Waals surface area (Å²) >= 11 is 0. The minimum absolute atomic E-state index is 0.0137. The smallest absolute Gasteiger partial charge is 0.274 e. The van der Waals surface area contributed by atoms with Gasteiger partial charge in [-0.2, -0.15) is 5.26 Å². The van der Waals surface area contributed by atoms with Crippen molar-refractivity contribution in [3.63, 3.8) is 0 Å². The average Bonchev–Trinajstić information content (AvgIpc) is 3.33. The number of nitrogens with zero attached hydrogens (tertiary/aromatic N) is 4. The van der Waals surface area contributed by atoms with Gasteiger partial charge in [0.1, 0.15) is 11.2 Å². The van der Waals surface area contributed by atoms with Gasteiger partial charge in [0, 0.05) is 31.2 Å². The van der Waals surface area contributed by atoms with Crippen molar-refractivity contribution >= 4 is 11.8 Å². The van der Waals surface area contributed by atoms with Crippen LogP contribution in [-0.2, 0) is 4.79 Å². The van der Waals surface area contributed by atoms with Gasteiger partial charge in [-0.05, 0) is 38.5 Å². The Morgan fingerprint density at radius 2 is 2.04 bits per heavy atom. The maximum absolute atomic E-state index is 12.5. The summed E-state index contributed by atoms with van der Waals surface area (Å²) in [6.45, 7) is 5.29. The molecule has 1 aliphatic heterocycles. The molecular weight excluding hydrogens is 306 g/mol. The van der Waals surface area contributed by atoms with Crippen LogP contribution in [0.25, 0.3) is 0 Å². The first-order valence-corrected chi connectivity index (χ1v) is 8.50. The Balaban J connectivity index is 1.34. The molecular formula is C17H21N5O2. The number of fused-ring (bicyclic) bond motifs is 1. The number of aromatic nitrogens is 2. The molecule has 2 amide bonds. The first kappa shape index (κ1) is 15.2.